The number of hydrogen-bond donors (Lipinski definition) is 6. The fourth-order valence-corrected chi connectivity index (χ4v) is 7.36. The number of phosphoric ester groups is 2. The number of aliphatic hydroxyl groups excluding tert-OH is 1. The maximum Gasteiger partial charge on any atom is 0.472 e. The van der Waals surface area contributed by atoms with Gasteiger partial charge >= 0.3 is 27.3 Å². The smallest absolute Gasteiger partial charge is 0.455 e. The zero-order valence-electron chi connectivity index (χ0n) is 32.3. The highest BCUT2D eigenvalue weighted by Crippen LogP contribution is 2.50. The topological polar surface area (TPSA) is 348 Å². The van der Waals surface area contributed by atoms with Crippen molar-refractivity contribution in [3.63, 3.8) is 0 Å². The van der Waals surface area contributed by atoms with Crippen molar-refractivity contribution in [2.45, 2.75) is 94.7 Å². The second kappa shape index (κ2) is 18.6. The number of esters is 1. The number of aliphatic hydroxyl groups is 1. The number of aromatic nitrogens is 6. The maximum absolute atomic E-state index is 13.9. The normalized spacial score (nSPS) is 25.1. The van der Waals surface area contributed by atoms with Gasteiger partial charge in [0.05, 0.1) is 31.7 Å². The van der Waals surface area contributed by atoms with Crippen molar-refractivity contribution < 1.29 is 71.0 Å². The van der Waals surface area contributed by atoms with E-state index >= 15 is 0 Å². The molecule has 0 saturated carbocycles. The second-order valence-corrected chi connectivity index (χ2v) is 17.1. The zero-order chi connectivity index (χ0) is 43.4. The summed E-state index contributed by atoms with van der Waals surface area (Å²) in [4.78, 5) is 86.0. The summed E-state index contributed by atoms with van der Waals surface area (Å²) in [5, 5.41) is 11.7. The Kier molecular flexibility index (Phi) is 14.4. The fraction of sp³-hybridized carbons (Fsp3) is 0.594. The Labute approximate surface area is 336 Å². The minimum atomic E-state index is -5.22. The van der Waals surface area contributed by atoms with Gasteiger partial charge in [0.2, 0.25) is 5.91 Å². The average Bonchev–Trinajstić information content (AvgIpc) is 3.83. The minimum absolute atomic E-state index is 0.00785. The number of likely N-dealkylation sites (N-methyl/N-ethyl adjacent to an activating group) is 1. The van der Waals surface area contributed by atoms with Crippen LogP contribution in [0.15, 0.2) is 42.4 Å². The van der Waals surface area contributed by atoms with E-state index in [0.29, 0.717) is 6.42 Å². The quantitative estimate of drug-likeness (QED) is 0.0553. The van der Waals surface area contributed by atoms with Gasteiger partial charge in [0, 0.05) is 26.1 Å². The van der Waals surface area contributed by atoms with E-state index in [4.69, 9.17) is 39.5 Å². The molecular formula is C32H47N9O16P2. The highest BCUT2D eigenvalue weighted by molar-refractivity contribution is 7.47. The van der Waals surface area contributed by atoms with Crippen molar-refractivity contribution in [3.8, 4) is 0 Å². The van der Waals surface area contributed by atoms with E-state index in [9.17, 15) is 43.3 Å². The standard InChI is InChI=1S/C32H47N9O16P2/c1-6-7-8-22(42)39(5)17(12-51-32(2,3)4)30(44)56-26-20(55-29(25(26)43)41-16-37-24-27(34)35-15-36-28(24)41)14-53-59(49,50)57-18-11-23(40-10-9-21(33)38-31(40)45)54-19(18)13-52-58(46,47)48/h6,9-10,15-20,23,25-26,29,43H,1,7-8,11-14H2,2-5H3,(H,49,50)(H2,33,38,45)(H2,34,35,36)(H2,46,47,48)/t17-,18+,19-,20?,23-,25?,26?,29?/m1/s1. The molecule has 0 bridgehead atoms. The lowest BCUT2D eigenvalue weighted by atomic mass is 10.1. The van der Waals surface area contributed by atoms with E-state index in [1.54, 1.807) is 20.8 Å². The van der Waals surface area contributed by atoms with E-state index in [1.807, 2.05) is 0 Å². The van der Waals surface area contributed by atoms with Crippen molar-refractivity contribution in [3.05, 3.63) is 48.1 Å². The first-order valence-electron chi connectivity index (χ1n) is 17.9. The molecule has 9 atom stereocenters. The van der Waals surface area contributed by atoms with Gasteiger partial charge in [0.15, 0.2) is 29.8 Å². The van der Waals surface area contributed by atoms with Crippen LogP contribution in [-0.4, -0.2) is 135 Å². The van der Waals surface area contributed by atoms with E-state index in [0.717, 1.165) is 15.8 Å². The molecule has 5 rings (SSSR count). The third kappa shape index (κ3) is 11.7. The predicted molar refractivity (Wildman–Crippen MR) is 201 cm³/mol. The molecule has 2 saturated heterocycles. The van der Waals surface area contributed by atoms with Gasteiger partial charge in [-0.15, -0.1) is 6.58 Å². The lowest BCUT2D eigenvalue weighted by Gasteiger charge is -2.31. The molecule has 0 radical (unpaired) electrons. The van der Waals surface area contributed by atoms with Crippen molar-refractivity contribution in [2.75, 3.05) is 38.3 Å². The fourth-order valence-electron chi connectivity index (χ4n) is 6.06. The van der Waals surface area contributed by atoms with Gasteiger partial charge in [-0.25, -0.2) is 33.7 Å². The Balaban J connectivity index is 1.39. The molecular weight excluding hydrogens is 828 g/mol. The predicted octanol–water partition coefficient (Wildman–Crippen LogP) is -0.0750. The molecule has 25 nitrogen and oxygen atoms in total. The third-order valence-electron chi connectivity index (χ3n) is 9.01. The molecule has 1 amide bonds. The Morgan fingerprint density at radius 3 is 2.47 bits per heavy atom. The van der Waals surface area contributed by atoms with Crippen LogP contribution >= 0.6 is 15.6 Å². The number of fused-ring (bicyclic) bond motifs is 1. The number of phosphoric acid groups is 2. The van der Waals surface area contributed by atoms with Crippen LogP contribution in [0.25, 0.3) is 11.2 Å². The van der Waals surface area contributed by atoms with Crippen molar-refractivity contribution in [1.82, 2.24) is 34.0 Å². The molecule has 3 aromatic rings. The Hall–Kier alpha value is -4.23. The molecule has 326 valence electrons. The number of carbonyl (C=O) groups is 2. The van der Waals surface area contributed by atoms with E-state index < -0.39 is 101 Å². The molecule has 5 unspecified atom stereocenters. The first-order chi connectivity index (χ1) is 27.6. The first-order valence-corrected chi connectivity index (χ1v) is 20.9. The summed E-state index contributed by atoms with van der Waals surface area (Å²) in [7, 11) is -8.91. The molecule has 3 aromatic heterocycles. The van der Waals surface area contributed by atoms with Crippen LogP contribution in [0.1, 0.15) is 52.5 Å². The summed E-state index contributed by atoms with van der Waals surface area (Å²) in [5.74, 6) is -1.56. The summed E-state index contributed by atoms with van der Waals surface area (Å²) in [6.45, 7) is 6.78. The largest absolute Gasteiger partial charge is 0.472 e. The lowest BCUT2D eigenvalue weighted by Crippen LogP contribution is -2.50. The van der Waals surface area contributed by atoms with Gasteiger partial charge in [-0.2, -0.15) is 4.98 Å². The number of imidazole rings is 1. The number of nitrogens with two attached hydrogens (primary N) is 2. The number of ether oxygens (including phenoxy) is 4. The second-order valence-electron chi connectivity index (χ2n) is 14.4. The summed E-state index contributed by atoms with van der Waals surface area (Å²) in [6.07, 6.45) is -5.31. The van der Waals surface area contributed by atoms with Crippen LogP contribution in [0, 0.1) is 0 Å². The molecule has 5 heterocycles. The summed E-state index contributed by atoms with van der Waals surface area (Å²) < 4.78 is 66.0. The number of allylic oxidation sites excluding steroid dienone is 1. The van der Waals surface area contributed by atoms with E-state index in [1.165, 1.54) is 36.3 Å². The summed E-state index contributed by atoms with van der Waals surface area (Å²) in [5.41, 5.74) is 10.2. The van der Waals surface area contributed by atoms with E-state index in [-0.39, 0.29) is 42.2 Å². The Bertz CT molecular complexity index is 2140. The number of anilines is 2. The van der Waals surface area contributed by atoms with Crippen molar-refractivity contribution in [2.24, 2.45) is 0 Å². The molecule has 0 aliphatic carbocycles. The number of nitrogens with zero attached hydrogens (tertiary/aromatic N) is 7. The monoisotopic (exact) mass is 875 g/mol. The first kappa shape index (κ1) is 45.8. The van der Waals surface area contributed by atoms with Crippen LogP contribution in [-0.2, 0) is 51.2 Å². The van der Waals surface area contributed by atoms with Crippen LogP contribution in [0.3, 0.4) is 0 Å². The molecule has 2 aliphatic rings. The molecule has 8 N–H and O–H groups in total. The van der Waals surface area contributed by atoms with Gasteiger partial charge < -0.3 is 55.1 Å². The average molecular weight is 876 g/mol. The van der Waals surface area contributed by atoms with E-state index in [2.05, 4.69) is 31.0 Å². The molecule has 59 heavy (non-hydrogen) atoms. The lowest BCUT2D eigenvalue weighted by molar-refractivity contribution is -0.169. The number of hydrogen-bond acceptors (Lipinski definition) is 19. The number of nitrogen functional groups attached to an aromatic ring is 2. The molecule has 27 heteroatoms. The minimum Gasteiger partial charge on any atom is -0.455 e. The third-order valence-corrected chi connectivity index (χ3v) is 10.5. The van der Waals surface area contributed by atoms with Crippen LogP contribution in [0.5, 0.6) is 0 Å². The van der Waals surface area contributed by atoms with Crippen molar-refractivity contribution in [1.29, 1.82) is 0 Å². The van der Waals surface area contributed by atoms with Crippen LogP contribution in [0.4, 0.5) is 11.6 Å². The van der Waals surface area contributed by atoms with Crippen LogP contribution < -0.4 is 17.2 Å². The molecule has 0 aromatic carbocycles. The van der Waals surface area contributed by atoms with Gasteiger partial charge in [-0.05, 0) is 33.3 Å². The van der Waals surface area contributed by atoms with Gasteiger partial charge in [0.25, 0.3) is 0 Å². The van der Waals surface area contributed by atoms with Crippen LogP contribution in [0.2, 0.25) is 0 Å². The number of carbonyl (C=O) groups excluding carboxylic acids is 2. The number of amides is 1. The molecule has 0 spiro atoms. The SMILES string of the molecule is C=CCCC(=O)N(C)[C@H](COC(C)(C)C)C(=O)OC1C(COP(=O)(O)O[C@H]2C[C@H](n3ccc(N)nc3=O)O[C@@H]2COP(=O)(O)O)OC(n2cnc3c(N)ncnc32)C1O. The summed E-state index contributed by atoms with van der Waals surface area (Å²) in [6, 6.07) is -0.0561. The summed E-state index contributed by atoms with van der Waals surface area (Å²) >= 11 is 0. The number of rotatable bonds is 18. The Morgan fingerprint density at radius 2 is 1.81 bits per heavy atom. The highest BCUT2D eigenvalue weighted by Gasteiger charge is 2.50. The molecule has 2 fully saturated rings. The van der Waals surface area contributed by atoms with Gasteiger partial charge in [-0.1, -0.05) is 6.08 Å². The van der Waals surface area contributed by atoms with Crippen molar-refractivity contribution >= 4 is 50.3 Å². The Morgan fingerprint density at radius 1 is 1.10 bits per heavy atom. The van der Waals surface area contributed by atoms with Gasteiger partial charge in [-0.3, -0.25) is 27.5 Å². The van der Waals surface area contributed by atoms with Gasteiger partial charge in [0.1, 0.15) is 48.3 Å². The maximum atomic E-state index is 13.9. The highest BCUT2D eigenvalue weighted by atomic mass is 31.2. The zero-order valence-corrected chi connectivity index (χ0v) is 34.1. The molecule has 2 aliphatic heterocycles.